The summed E-state index contributed by atoms with van der Waals surface area (Å²) in [5.74, 6) is -0.364. The second kappa shape index (κ2) is 12.5. The first-order chi connectivity index (χ1) is 17.4. The van der Waals surface area contributed by atoms with E-state index in [0.717, 1.165) is 57.1 Å². The number of carbonyl (C=O) groups excluding carboxylic acids is 2. The van der Waals surface area contributed by atoms with Crippen LogP contribution in [0.25, 0.3) is 0 Å². The Bertz CT molecular complexity index is 1010. The van der Waals surface area contributed by atoms with E-state index in [4.69, 9.17) is 22.1 Å². The van der Waals surface area contributed by atoms with Crippen LogP contribution in [0.15, 0.2) is 48.5 Å². The average Bonchev–Trinajstić information content (AvgIpc) is 2.88. The summed E-state index contributed by atoms with van der Waals surface area (Å²) in [6, 6.07) is 13.9. The predicted molar refractivity (Wildman–Crippen MR) is 143 cm³/mol. The SMILES string of the molecule is CN1CCN(C(C(N)=O)c2ccc(N(CCN3CCOCC3)C(=O)Nc3ccc(Cl)cc3)cc2)CC1. The maximum absolute atomic E-state index is 13.3. The molecule has 194 valence electrons. The summed E-state index contributed by atoms with van der Waals surface area (Å²) in [7, 11) is 2.08. The van der Waals surface area contributed by atoms with E-state index in [0.29, 0.717) is 30.5 Å². The Morgan fingerprint density at radius 2 is 1.64 bits per heavy atom. The van der Waals surface area contributed by atoms with E-state index in [2.05, 4.69) is 27.1 Å². The zero-order valence-electron chi connectivity index (χ0n) is 20.7. The van der Waals surface area contributed by atoms with Crippen molar-refractivity contribution in [2.75, 3.05) is 82.8 Å². The molecule has 4 rings (SSSR count). The van der Waals surface area contributed by atoms with Gasteiger partial charge in [-0.2, -0.15) is 0 Å². The first kappa shape index (κ1) is 26.4. The fourth-order valence-corrected chi connectivity index (χ4v) is 4.74. The van der Waals surface area contributed by atoms with Crippen molar-refractivity contribution in [1.29, 1.82) is 0 Å². The number of hydrogen-bond donors (Lipinski definition) is 2. The van der Waals surface area contributed by atoms with E-state index in [-0.39, 0.29) is 11.9 Å². The Labute approximate surface area is 217 Å². The number of ether oxygens (including phenoxy) is 1. The number of benzene rings is 2. The van der Waals surface area contributed by atoms with Crippen LogP contribution >= 0.6 is 11.6 Å². The van der Waals surface area contributed by atoms with Gasteiger partial charge in [0.2, 0.25) is 5.91 Å². The van der Waals surface area contributed by atoms with Gasteiger partial charge in [-0.1, -0.05) is 23.7 Å². The molecule has 2 fully saturated rings. The van der Waals surface area contributed by atoms with Crippen molar-refractivity contribution in [1.82, 2.24) is 14.7 Å². The van der Waals surface area contributed by atoms with Gasteiger partial charge in [0.25, 0.3) is 0 Å². The second-order valence-electron chi connectivity index (χ2n) is 9.28. The van der Waals surface area contributed by atoms with Gasteiger partial charge in [-0.15, -0.1) is 0 Å². The van der Waals surface area contributed by atoms with Crippen LogP contribution in [0.3, 0.4) is 0 Å². The number of urea groups is 1. The number of likely N-dealkylation sites (N-methyl/N-ethyl adjacent to an activating group) is 1. The third kappa shape index (κ3) is 6.96. The number of nitrogens with one attached hydrogen (secondary N) is 1. The smallest absolute Gasteiger partial charge is 0.326 e. The van der Waals surface area contributed by atoms with Gasteiger partial charge in [0, 0.05) is 68.8 Å². The molecule has 3 N–H and O–H groups in total. The molecule has 36 heavy (non-hydrogen) atoms. The van der Waals surface area contributed by atoms with Gasteiger partial charge < -0.3 is 20.7 Å². The van der Waals surface area contributed by atoms with E-state index in [9.17, 15) is 9.59 Å². The molecule has 3 amide bonds. The lowest BCUT2D eigenvalue weighted by atomic mass is 10.0. The Kier molecular flexibility index (Phi) is 9.17. The first-order valence-corrected chi connectivity index (χ1v) is 12.7. The van der Waals surface area contributed by atoms with E-state index in [1.54, 1.807) is 29.2 Å². The molecule has 2 heterocycles. The summed E-state index contributed by atoms with van der Waals surface area (Å²) in [6.07, 6.45) is 0. The van der Waals surface area contributed by atoms with Crippen LogP contribution in [0.2, 0.25) is 5.02 Å². The number of nitrogens with zero attached hydrogens (tertiary/aromatic N) is 4. The Morgan fingerprint density at radius 3 is 2.25 bits per heavy atom. The fraction of sp³-hybridized carbons (Fsp3) is 0.462. The average molecular weight is 515 g/mol. The molecule has 2 aromatic carbocycles. The molecule has 2 aromatic rings. The van der Waals surface area contributed by atoms with Crippen LogP contribution < -0.4 is 16.0 Å². The number of nitrogens with two attached hydrogens (primary N) is 1. The van der Waals surface area contributed by atoms with Gasteiger partial charge in [0.1, 0.15) is 6.04 Å². The van der Waals surface area contributed by atoms with Crippen molar-refractivity contribution in [3.05, 3.63) is 59.1 Å². The maximum atomic E-state index is 13.3. The third-order valence-electron chi connectivity index (χ3n) is 6.78. The molecule has 0 aromatic heterocycles. The largest absolute Gasteiger partial charge is 0.379 e. The van der Waals surface area contributed by atoms with Crippen LogP contribution in [0.4, 0.5) is 16.2 Å². The summed E-state index contributed by atoms with van der Waals surface area (Å²) in [5, 5.41) is 3.57. The highest BCUT2D eigenvalue weighted by Crippen LogP contribution is 2.25. The summed E-state index contributed by atoms with van der Waals surface area (Å²) in [6.45, 7) is 7.67. The number of piperazine rings is 1. The Morgan fingerprint density at radius 1 is 1.00 bits per heavy atom. The van der Waals surface area contributed by atoms with Gasteiger partial charge in [0.15, 0.2) is 0 Å². The highest BCUT2D eigenvalue weighted by atomic mass is 35.5. The number of primary amides is 1. The number of morpholine rings is 1. The first-order valence-electron chi connectivity index (χ1n) is 12.4. The zero-order valence-corrected chi connectivity index (χ0v) is 21.5. The van der Waals surface area contributed by atoms with Gasteiger partial charge in [0.05, 0.1) is 13.2 Å². The normalized spacial score (nSPS) is 18.5. The minimum absolute atomic E-state index is 0.233. The van der Waals surface area contributed by atoms with Crippen molar-refractivity contribution in [3.63, 3.8) is 0 Å². The van der Waals surface area contributed by atoms with Gasteiger partial charge in [-0.3, -0.25) is 19.5 Å². The second-order valence-corrected chi connectivity index (χ2v) is 9.71. The molecule has 0 spiro atoms. The lowest BCUT2D eigenvalue weighted by molar-refractivity contribution is -0.124. The molecule has 1 unspecified atom stereocenters. The number of anilines is 2. The van der Waals surface area contributed by atoms with Crippen LogP contribution in [0.5, 0.6) is 0 Å². The van der Waals surface area contributed by atoms with Gasteiger partial charge >= 0.3 is 6.03 Å². The highest BCUT2D eigenvalue weighted by molar-refractivity contribution is 6.30. The number of halogens is 1. The topological polar surface area (TPSA) is 94.4 Å². The third-order valence-corrected chi connectivity index (χ3v) is 7.03. The molecule has 0 saturated carbocycles. The Hall–Kier alpha value is -2.69. The minimum Gasteiger partial charge on any atom is -0.379 e. The molecule has 2 aliphatic heterocycles. The van der Waals surface area contributed by atoms with E-state index < -0.39 is 6.04 Å². The molecule has 2 aliphatic rings. The monoisotopic (exact) mass is 514 g/mol. The highest BCUT2D eigenvalue weighted by Gasteiger charge is 2.28. The van der Waals surface area contributed by atoms with Crippen molar-refractivity contribution in [2.24, 2.45) is 5.73 Å². The molecule has 0 aliphatic carbocycles. The fourth-order valence-electron chi connectivity index (χ4n) is 4.61. The maximum Gasteiger partial charge on any atom is 0.326 e. The summed E-state index contributed by atoms with van der Waals surface area (Å²) in [5.41, 5.74) is 8.07. The molecule has 2 saturated heterocycles. The molecule has 0 bridgehead atoms. The predicted octanol–water partition coefficient (Wildman–Crippen LogP) is 2.48. The van der Waals surface area contributed by atoms with Crippen LogP contribution in [0.1, 0.15) is 11.6 Å². The molecule has 1 atom stereocenters. The lowest BCUT2D eigenvalue weighted by Gasteiger charge is -2.36. The molecule has 0 radical (unpaired) electrons. The van der Waals surface area contributed by atoms with Gasteiger partial charge in [-0.25, -0.2) is 4.79 Å². The number of carbonyl (C=O) groups is 2. The van der Waals surface area contributed by atoms with Crippen molar-refractivity contribution in [2.45, 2.75) is 6.04 Å². The van der Waals surface area contributed by atoms with Crippen molar-refractivity contribution >= 4 is 34.9 Å². The summed E-state index contributed by atoms with van der Waals surface area (Å²) < 4.78 is 5.45. The molecule has 9 nitrogen and oxygen atoms in total. The zero-order chi connectivity index (χ0) is 25.5. The molecular weight excluding hydrogens is 480 g/mol. The quantitative estimate of drug-likeness (QED) is 0.562. The van der Waals surface area contributed by atoms with Gasteiger partial charge in [-0.05, 0) is 49.0 Å². The van der Waals surface area contributed by atoms with Crippen molar-refractivity contribution in [3.8, 4) is 0 Å². The van der Waals surface area contributed by atoms with Crippen molar-refractivity contribution < 1.29 is 14.3 Å². The summed E-state index contributed by atoms with van der Waals surface area (Å²) >= 11 is 5.99. The standard InChI is InChI=1S/C26H35ClN6O3/c1-30-10-13-32(14-11-30)24(25(28)34)20-2-8-23(9-3-20)33(15-12-31-16-18-36-19-17-31)26(35)29-22-6-4-21(27)5-7-22/h2-9,24H,10-19H2,1H3,(H2,28,34)(H,29,35). The summed E-state index contributed by atoms with van der Waals surface area (Å²) in [4.78, 5) is 34.1. The molecule has 10 heteroatoms. The van der Waals surface area contributed by atoms with E-state index >= 15 is 0 Å². The van der Waals surface area contributed by atoms with Crippen LogP contribution in [-0.4, -0.2) is 99.3 Å². The number of hydrogen-bond acceptors (Lipinski definition) is 6. The van der Waals surface area contributed by atoms with E-state index in [1.165, 1.54) is 0 Å². The lowest BCUT2D eigenvalue weighted by Crippen LogP contribution is -2.49. The number of rotatable bonds is 8. The van der Waals surface area contributed by atoms with E-state index in [1.807, 2.05) is 24.3 Å². The van der Waals surface area contributed by atoms with Crippen LogP contribution in [0, 0.1) is 0 Å². The number of amides is 3. The minimum atomic E-state index is -0.488. The Balaban J connectivity index is 1.51. The molecular formula is C26H35ClN6O3. The van der Waals surface area contributed by atoms with Crippen LogP contribution in [-0.2, 0) is 9.53 Å².